The van der Waals surface area contributed by atoms with Crippen molar-refractivity contribution in [2.45, 2.75) is 0 Å². The molecule has 0 spiro atoms. The maximum atomic E-state index is 11.1. The zero-order valence-electron chi connectivity index (χ0n) is 6.39. The van der Waals surface area contributed by atoms with E-state index in [1.54, 1.807) is 0 Å². The molecule has 6 heteroatoms. The average molecular weight is 179 g/mol. The maximum absolute atomic E-state index is 11.1. The first-order chi connectivity index (χ1) is 6.20. The lowest BCUT2D eigenvalue weighted by Gasteiger charge is -1.90. The summed E-state index contributed by atoms with van der Waals surface area (Å²) >= 11 is 0. The Labute approximate surface area is 71.5 Å². The monoisotopic (exact) mass is 179 g/mol. The molecular formula is C7H5N3O3. The molecular weight excluding hydrogens is 174 g/mol. The molecule has 0 radical (unpaired) electrons. The third-order valence-corrected chi connectivity index (χ3v) is 1.67. The van der Waals surface area contributed by atoms with E-state index in [4.69, 9.17) is 5.11 Å². The van der Waals surface area contributed by atoms with Crippen LogP contribution in [-0.2, 0) is 0 Å². The van der Waals surface area contributed by atoms with E-state index in [1.165, 1.54) is 18.6 Å². The van der Waals surface area contributed by atoms with Crippen LogP contribution >= 0.6 is 0 Å². The van der Waals surface area contributed by atoms with Crippen molar-refractivity contribution in [1.82, 2.24) is 14.4 Å². The molecule has 6 nitrogen and oxygen atoms in total. The topological polar surface area (TPSA) is 87.5 Å². The van der Waals surface area contributed by atoms with Gasteiger partial charge in [0.05, 0.1) is 5.52 Å². The van der Waals surface area contributed by atoms with Gasteiger partial charge in [0.2, 0.25) is 0 Å². The van der Waals surface area contributed by atoms with Gasteiger partial charge in [0.25, 0.3) is 0 Å². The number of carboxylic acids is 1. The van der Waals surface area contributed by atoms with Crippen LogP contribution in [0.5, 0.6) is 0 Å². The molecule has 0 saturated carbocycles. The molecule has 0 bridgehead atoms. The minimum Gasteiger partial charge on any atom is -0.476 e. The number of nitrogens with one attached hydrogen (secondary N) is 1. The summed E-state index contributed by atoms with van der Waals surface area (Å²) in [6.45, 7) is 0. The van der Waals surface area contributed by atoms with Crippen LogP contribution in [0.25, 0.3) is 5.52 Å². The zero-order chi connectivity index (χ0) is 9.42. The Morgan fingerprint density at radius 1 is 1.62 bits per heavy atom. The Hall–Kier alpha value is -2.11. The van der Waals surface area contributed by atoms with E-state index in [9.17, 15) is 9.59 Å². The van der Waals surface area contributed by atoms with Crippen molar-refractivity contribution in [1.29, 1.82) is 0 Å². The predicted molar refractivity (Wildman–Crippen MR) is 42.8 cm³/mol. The summed E-state index contributed by atoms with van der Waals surface area (Å²) < 4.78 is 1.14. The van der Waals surface area contributed by atoms with E-state index >= 15 is 0 Å². The summed E-state index contributed by atoms with van der Waals surface area (Å²) in [6.07, 6.45) is 2.56. The largest absolute Gasteiger partial charge is 0.476 e. The molecule has 0 atom stereocenters. The average Bonchev–Trinajstić information content (AvgIpc) is 2.48. The number of aromatic carboxylic acids is 1. The lowest BCUT2D eigenvalue weighted by Crippen LogP contribution is -2.14. The van der Waals surface area contributed by atoms with Gasteiger partial charge in [0, 0.05) is 6.20 Å². The fourth-order valence-corrected chi connectivity index (χ4v) is 1.11. The molecule has 0 unspecified atom stereocenters. The third kappa shape index (κ3) is 0.994. The number of rotatable bonds is 1. The fraction of sp³-hybridized carbons (Fsp3) is 0. The van der Waals surface area contributed by atoms with Crippen molar-refractivity contribution in [3.05, 3.63) is 34.8 Å². The molecule has 0 aliphatic rings. The number of nitrogens with zero attached hydrogens (tertiary/aromatic N) is 2. The fourth-order valence-electron chi connectivity index (χ4n) is 1.11. The highest BCUT2D eigenvalue weighted by atomic mass is 16.4. The first-order valence-electron chi connectivity index (χ1n) is 3.48. The Kier molecular flexibility index (Phi) is 1.42. The standard InChI is InChI=1S/C7H5N3O3/c11-6(12)5-4-1-2-8-7(13)10(4)3-9-5/h1-3H,(H,8,13)(H,11,12). The summed E-state index contributed by atoms with van der Waals surface area (Å²) in [4.78, 5) is 27.7. The Morgan fingerprint density at radius 3 is 3.08 bits per heavy atom. The van der Waals surface area contributed by atoms with Crippen LogP contribution < -0.4 is 5.69 Å². The van der Waals surface area contributed by atoms with Gasteiger partial charge < -0.3 is 10.1 Å². The van der Waals surface area contributed by atoms with Crippen LogP contribution in [-0.4, -0.2) is 25.4 Å². The SMILES string of the molecule is O=C(O)c1ncn2c(=O)[nH]ccc12. The lowest BCUT2D eigenvalue weighted by molar-refractivity contribution is 0.0693. The number of carbonyl (C=O) groups is 1. The smallest absolute Gasteiger partial charge is 0.356 e. The molecule has 2 heterocycles. The summed E-state index contributed by atoms with van der Waals surface area (Å²) in [5, 5.41) is 8.67. The van der Waals surface area contributed by atoms with Crippen LogP contribution in [0.4, 0.5) is 0 Å². The Balaban J connectivity index is 2.91. The minimum atomic E-state index is -1.15. The lowest BCUT2D eigenvalue weighted by atomic mass is 10.4. The molecule has 0 amide bonds. The number of carboxylic acid groups (broad SMARTS) is 1. The molecule has 0 fully saturated rings. The molecule has 2 aromatic heterocycles. The zero-order valence-corrected chi connectivity index (χ0v) is 6.39. The molecule has 2 rings (SSSR count). The second-order valence-electron chi connectivity index (χ2n) is 2.44. The number of hydrogen-bond acceptors (Lipinski definition) is 3. The van der Waals surface area contributed by atoms with E-state index in [1.807, 2.05) is 0 Å². The number of hydrogen-bond donors (Lipinski definition) is 2. The number of imidazole rings is 1. The van der Waals surface area contributed by atoms with E-state index in [0.717, 1.165) is 4.40 Å². The van der Waals surface area contributed by atoms with E-state index in [2.05, 4.69) is 9.97 Å². The van der Waals surface area contributed by atoms with Gasteiger partial charge in [-0.3, -0.25) is 4.40 Å². The van der Waals surface area contributed by atoms with Gasteiger partial charge in [-0.15, -0.1) is 0 Å². The van der Waals surface area contributed by atoms with Gasteiger partial charge >= 0.3 is 11.7 Å². The van der Waals surface area contributed by atoms with Crippen molar-refractivity contribution in [2.75, 3.05) is 0 Å². The first-order valence-corrected chi connectivity index (χ1v) is 3.48. The molecule has 13 heavy (non-hydrogen) atoms. The maximum Gasteiger partial charge on any atom is 0.356 e. The van der Waals surface area contributed by atoms with Crippen molar-refractivity contribution >= 4 is 11.5 Å². The summed E-state index contributed by atoms with van der Waals surface area (Å²) in [6, 6.07) is 1.48. The van der Waals surface area contributed by atoms with Gasteiger partial charge in [0.15, 0.2) is 5.69 Å². The van der Waals surface area contributed by atoms with Crippen molar-refractivity contribution in [3.63, 3.8) is 0 Å². The van der Waals surface area contributed by atoms with E-state index in [0.29, 0.717) is 0 Å². The highest BCUT2D eigenvalue weighted by Crippen LogP contribution is 2.04. The van der Waals surface area contributed by atoms with E-state index < -0.39 is 11.7 Å². The van der Waals surface area contributed by atoms with Gasteiger partial charge in [-0.2, -0.15) is 0 Å². The second kappa shape index (κ2) is 2.44. The van der Waals surface area contributed by atoms with Crippen LogP contribution in [0, 0.1) is 0 Å². The van der Waals surface area contributed by atoms with Crippen LogP contribution in [0.3, 0.4) is 0 Å². The number of aromatic nitrogens is 3. The quantitative estimate of drug-likeness (QED) is 0.630. The van der Waals surface area contributed by atoms with Crippen LogP contribution in [0.1, 0.15) is 10.5 Å². The summed E-state index contributed by atoms with van der Waals surface area (Å²) in [5.74, 6) is -1.15. The highest BCUT2D eigenvalue weighted by Gasteiger charge is 2.11. The minimum absolute atomic E-state index is 0.119. The van der Waals surface area contributed by atoms with E-state index in [-0.39, 0.29) is 11.2 Å². The Bertz CT molecular complexity index is 525. The number of aromatic amines is 1. The van der Waals surface area contributed by atoms with Gasteiger partial charge in [-0.05, 0) is 6.07 Å². The highest BCUT2D eigenvalue weighted by molar-refractivity contribution is 5.93. The van der Waals surface area contributed by atoms with Crippen LogP contribution in [0.15, 0.2) is 23.4 Å². The molecule has 0 aliphatic carbocycles. The summed E-state index contributed by atoms with van der Waals surface area (Å²) in [5.41, 5.74) is -0.236. The van der Waals surface area contributed by atoms with Crippen molar-refractivity contribution in [3.8, 4) is 0 Å². The Morgan fingerprint density at radius 2 is 2.38 bits per heavy atom. The normalized spacial score (nSPS) is 10.5. The first kappa shape index (κ1) is 7.53. The van der Waals surface area contributed by atoms with Gasteiger partial charge in [-0.1, -0.05) is 0 Å². The molecule has 2 N–H and O–H groups in total. The molecule has 0 aliphatic heterocycles. The van der Waals surface area contributed by atoms with Gasteiger partial charge in [-0.25, -0.2) is 14.6 Å². The number of fused-ring (bicyclic) bond motifs is 1. The number of H-pyrrole nitrogens is 1. The predicted octanol–water partition coefficient (Wildman–Crippen LogP) is -0.279. The van der Waals surface area contributed by atoms with Crippen molar-refractivity contribution in [2.24, 2.45) is 0 Å². The molecule has 66 valence electrons. The third-order valence-electron chi connectivity index (χ3n) is 1.67. The molecule has 0 saturated heterocycles. The summed E-state index contributed by atoms with van der Waals surface area (Å²) in [7, 11) is 0. The molecule has 2 aromatic rings. The van der Waals surface area contributed by atoms with Gasteiger partial charge in [0.1, 0.15) is 6.33 Å². The molecule has 0 aromatic carbocycles. The van der Waals surface area contributed by atoms with Crippen LogP contribution in [0.2, 0.25) is 0 Å². The second-order valence-corrected chi connectivity index (χ2v) is 2.44. The van der Waals surface area contributed by atoms with Crippen molar-refractivity contribution < 1.29 is 9.90 Å².